The Morgan fingerprint density at radius 2 is 1.18 bits per heavy atom. The van der Waals surface area contributed by atoms with Crippen molar-refractivity contribution >= 4 is 57.8 Å². The molecule has 0 fully saturated rings. The maximum atomic E-state index is 11.1. The molecule has 3 aromatic rings. The van der Waals surface area contributed by atoms with Gasteiger partial charge in [0.2, 0.25) is 23.6 Å². The molecular formula is C23H25N4O6P3S2+2. The van der Waals surface area contributed by atoms with E-state index in [9.17, 15) is 9.67 Å². The molecule has 3 rings (SSSR count). The molecule has 0 spiro atoms. The third-order valence-corrected chi connectivity index (χ3v) is 9.20. The second kappa shape index (κ2) is 13.8. The van der Waals surface area contributed by atoms with Gasteiger partial charge < -0.3 is 14.9 Å². The van der Waals surface area contributed by atoms with Gasteiger partial charge >= 0.3 is 21.7 Å². The van der Waals surface area contributed by atoms with Crippen LogP contribution in [0, 0.1) is 0 Å². The first-order valence-corrected chi connectivity index (χ1v) is 17.1. The number of phenolic OH excluding ortho intramolecular Hbond substituents is 1. The summed E-state index contributed by atoms with van der Waals surface area (Å²) >= 11 is 10.8. The molecule has 0 radical (unpaired) electrons. The van der Waals surface area contributed by atoms with Gasteiger partial charge in [-0.15, -0.1) is 10.2 Å². The van der Waals surface area contributed by atoms with Crippen molar-refractivity contribution in [2.75, 3.05) is 14.1 Å². The van der Waals surface area contributed by atoms with Gasteiger partial charge in [0.1, 0.15) is 5.75 Å². The summed E-state index contributed by atoms with van der Waals surface area (Å²) < 4.78 is 25.8. The van der Waals surface area contributed by atoms with Gasteiger partial charge in [-0.05, 0) is 77.4 Å². The molecule has 0 amide bonds. The second-order valence-electron chi connectivity index (χ2n) is 7.75. The Bertz CT molecular complexity index is 1370. The van der Waals surface area contributed by atoms with Crippen molar-refractivity contribution < 1.29 is 28.5 Å². The third-order valence-electron chi connectivity index (χ3n) is 4.67. The Labute approximate surface area is 232 Å². The average Bonchev–Trinajstić information content (AvgIpc) is 2.87. The summed E-state index contributed by atoms with van der Waals surface area (Å²) in [5, 5.41) is 18.0. The minimum atomic E-state index is -4.13. The van der Waals surface area contributed by atoms with Gasteiger partial charge in [-0.2, -0.15) is 0 Å². The monoisotopic (exact) mass is 610 g/mol. The molecule has 0 bridgehead atoms. The summed E-state index contributed by atoms with van der Waals surface area (Å²) in [4.78, 5) is 18.1. The number of aromatic hydroxyl groups is 1. The van der Waals surface area contributed by atoms with E-state index >= 15 is 0 Å². The van der Waals surface area contributed by atoms with Crippen LogP contribution in [-0.2, 0) is 34.3 Å². The van der Waals surface area contributed by atoms with Gasteiger partial charge in [-0.3, -0.25) is 13.6 Å². The van der Waals surface area contributed by atoms with Gasteiger partial charge in [-0.1, -0.05) is 21.7 Å². The van der Waals surface area contributed by atoms with Gasteiger partial charge in [0.15, 0.2) is 11.5 Å². The van der Waals surface area contributed by atoms with E-state index in [-0.39, 0.29) is 11.9 Å². The molecule has 3 aromatic carbocycles. The highest BCUT2D eigenvalue weighted by atomic mass is 32.4. The summed E-state index contributed by atoms with van der Waals surface area (Å²) in [6, 6.07) is 20.3. The van der Waals surface area contributed by atoms with E-state index in [0.717, 1.165) is 11.1 Å². The van der Waals surface area contributed by atoms with Gasteiger partial charge in [0, 0.05) is 0 Å². The van der Waals surface area contributed by atoms with Crippen molar-refractivity contribution in [2.45, 2.75) is 6.16 Å². The second-order valence-corrected chi connectivity index (χ2v) is 13.7. The van der Waals surface area contributed by atoms with Crippen LogP contribution in [0.2, 0.25) is 0 Å². The number of nitrogens with zero attached hydrogens (tertiary/aromatic N) is 4. The molecule has 2 unspecified atom stereocenters. The Morgan fingerprint density at radius 3 is 1.61 bits per heavy atom. The molecule has 0 aromatic heterocycles. The molecule has 38 heavy (non-hydrogen) atoms. The van der Waals surface area contributed by atoms with E-state index in [1.807, 2.05) is 12.1 Å². The number of hydrogen-bond acceptors (Lipinski definition) is 8. The lowest BCUT2D eigenvalue weighted by Crippen LogP contribution is -2.04. The SMILES string of the molecule is CN(/N=C/c1ccc(O)cc1)[P+](=S)Oc1ccc(/C=N/N(C)[P+](=S)Oc2ccc(CP(=O)(O)O)cc2)cc1. The fourth-order valence-corrected chi connectivity index (χ4v) is 5.32. The van der Waals surface area contributed by atoms with Crippen LogP contribution in [0.3, 0.4) is 0 Å². The molecule has 0 aliphatic carbocycles. The minimum Gasteiger partial charge on any atom is -0.508 e. The molecule has 15 heteroatoms. The van der Waals surface area contributed by atoms with Crippen LogP contribution in [-0.4, -0.2) is 51.0 Å². The van der Waals surface area contributed by atoms with Crippen molar-refractivity contribution in [2.24, 2.45) is 10.2 Å². The molecule has 10 nitrogen and oxygen atoms in total. The van der Waals surface area contributed by atoms with E-state index in [2.05, 4.69) is 10.2 Å². The maximum Gasteiger partial charge on any atom is 0.540 e. The van der Waals surface area contributed by atoms with Crippen LogP contribution >= 0.6 is 21.7 Å². The van der Waals surface area contributed by atoms with Gasteiger partial charge in [0.25, 0.3) is 0 Å². The van der Waals surface area contributed by atoms with Crippen molar-refractivity contribution in [1.82, 2.24) is 9.56 Å². The Hall–Kier alpha value is -2.81. The highest BCUT2D eigenvalue weighted by Crippen LogP contribution is 2.39. The molecule has 0 aliphatic rings. The quantitative estimate of drug-likeness (QED) is 0.141. The predicted molar refractivity (Wildman–Crippen MR) is 157 cm³/mol. The van der Waals surface area contributed by atoms with E-state index in [0.29, 0.717) is 17.1 Å². The summed E-state index contributed by atoms with van der Waals surface area (Å²) in [6.45, 7) is 0. The van der Waals surface area contributed by atoms with Crippen molar-refractivity contribution in [1.29, 1.82) is 0 Å². The zero-order chi connectivity index (χ0) is 27.7. The summed E-state index contributed by atoms with van der Waals surface area (Å²) in [6.07, 6.45) is 2.95. The maximum absolute atomic E-state index is 11.1. The van der Waals surface area contributed by atoms with Crippen LogP contribution in [0.25, 0.3) is 0 Å². The highest BCUT2D eigenvalue weighted by Gasteiger charge is 2.22. The number of phenols is 1. The van der Waals surface area contributed by atoms with Crippen molar-refractivity contribution in [3.05, 3.63) is 89.5 Å². The lowest BCUT2D eigenvalue weighted by molar-refractivity contribution is 0.371. The predicted octanol–water partition coefficient (Wildman–Crippen LogP) is 5.31. The zero-order valence-corrected chi connectivity index (χ0v) is 24.6. The van der Waals surface area contributed by atoms with Crippen molar-refractivity contribution in [3.63, 3.8) is 0 Å². The van der Waals surface area contributed by atoms with E-state index in [4.69, 9.17) is 42.4 Å². The fourth-order valence-electron chi connectivity index (χ4n) is 2.75. The van der Waals surface area contributed by atoms with Crippen molar-refractivity contribution in [3.8, 4) is 17.2 Å². The van der Waals surface area contributed by atoms with Crippen LogP contribution in [0.1, 0.15) is 16.7 Å². The van der Waals surface area contributed by atoms with Crippen LogP contribution in [0.5, 0.6) is 17.2 Å². The zero-order valence-electron chi connectivity index (χ0n) is 20.3. The Balaban J connectivity index is 1.49. The van der Waals surface area contributed by atoms with E-state index in [1.54, 1.807) is 92.0 Å². The number of hydrazone groups is 2. The standard InChI is InChI=1S/C23H23N4O6P3S2/c1-26(24-15-18-3-9-21(28)10-4-18)34(37)32-22-11-5-19(6-12-22)16-25-27(2)35(38)33-23-13-7-20(8-14-23)17-36(29,30)31/h3-16H,17H2,1-2H3,(H-2,24,28,29,30,31)/p+2/b25-16+. The first kappa shape index (κ1) is 29.7. The molecule has 0 saturated carbocycles. The molecule has 198 valence electrons. The molecule has 2 atom stereocenters. The van der Waals surface area contributed by atoms with E-state index < -0.39 is 21.7 Å². The number of hydrogen-bond donors (Lipinski definition) is 3. The minimum absolute atomic E-state index is 0.188. The van der Waals surface area contributed by atoms with Crippen LogP contribution < -0.4 is 9.05 Å². The largest absolute Gasteiger partial charge is 0.540 e. The summed E-state index contributed by atoms with van der Waals surface area (Å²) in [5.74, 6) is 1.27. The Kier molecular flexibility index (Phi) is 10.8. The lowest BCUT2D eigenvalue weighted by Gasteiger charge is -2.05. The summed E-state index contributed by atoms with van der Waals surface area (Å²) in [5.41, 5.74) is 2.15. The van der Waals surface area contributed by atoms with Gasteiger partial charge in [-0.25, -0.2) is 0 Å². The van der Waals surface area contributed by atoms with E-state index in [1.165, 1.54) is 4.78 Å². The van der Waals surface area contributed by atoms with Crippen LogP contribution in [0.15, 0.2) is 83.0 Å². The molecule has 0 saturated heterocycles. The van der Waals surface area contributed by atoms with Crippen LogP contribution in [0.4, 0.5) is 0 Å². The fraction of sp³-hybridized carbons (Fsp3) is 0.130. The Morgan fingerprint density at radius 1 is 0.789 bits per heavy atom. The number of benzene rings is 3. The molecule has 0 heterocycles. The number of rotatable bonds is 12. The first-order chi connectivity index (χ1) is 18.0. The molecule has 3 N–H and O–H groups in total. The smallest absolute Gasteiger partial charge is 0.508 e. The highest BCUT2D eigenvalue weighted by molar-refractivity contribution is 8.02. The average molecular weight is 611 g/mol. The third kappa shape index (κ3) is 10.2. The summed E-state index contributed by atoms with van der Waals surface area (Å²) in [7, 11) is -3.62. The molecule has 0 aliphatic heterocycles. The normalized spacial score (nSPS) is 12.4. The lowest BCUT2D eigenvalue weighted by atomic mass is 10.2. The van der Waals surface area contributed by atoms with Gasteiger partial charge in [0.05, 0.1) is 32.7 Å². The topological polar surface area (TPSA) is 127 Å². The first-order valence-electron chi connectivity index (χ1n) is 10.9. The molecular weight excluding hydrogens is 585 g/mol.